The third-order valence-electron chi connectivity index (χ3n) is 10.4. The molecule has 0 unspecified atom stereocenters. The van der Waals surface area contributed by atoms with E-state index in [2.05, 4.69) is 51.3 Å². The van der Waals surface area contributed by atoms with Crippen LogP contribution in [0.1, 0.15) is 87.3 Å². The van der Waals surface area contributed by atoms with E-state index in [1.165, 1.54) is 5.56 Å². The van der Waals surface area contributed by atoms with Gasteiger partial charge in [0.15, 0.2) is 0 Å². The zero-order valence-corrected chi connectivity index (χ0v) is 33.5. The number of aryl methyl sites for hydroxylation is 1. The van der Waals surface area contributed by atoms with E-state index < -0.39 is 17.9 Å². The molecule has 1 heterocycles. The number of carbonyl (C=O) groups excluding carboxylic acids is 5. The van der Waals surface area contributed by atoms with Crippen molar-refractivity contribution in [3.05, 3.63) is 108 Å². The number of aromatic nitrogens is 1. The summed E-state index contributed by atoms with van der Waals surface area (Å²) in [5.74, 6) is -1.36. The van der Waals surface area contributed by atoms with Crippen molar-refractivity contribution in [1.82, 2.24) is 31.9 Å². The average Bonchev–Trinajstić information content (AvgIpc) is 3.65. The molecule has 0 aliphatic heterocycles. The number of hydrogen-bond donors (Lipinski definition) is 8. The van der Waals surface area contributed by atoms with Crippen LogP contribution in [-0.4, -0.2) is 64.1 Å². The molecule has 312 valence electrons. The summed E-state index contributed by atoms with van der Waals surface area (Å²) in [4.78, 5) is 65.2. The fraction of sp³-hybridized carbons (Fsp3) is 0.370. The molecule has 0 bridgehead atoms. The number of hydrogen-bond acceptors (Lipinski definition) is 7. The molecule has 59 heavy (non-hydrogen) atoms. The summed E-state index contributed by atoms with van der Waals surface area (Å²) in [6.45, 7) is 0.953. The van der Waals surface area contributed by atoms with E-state index in [-0.39, 0.29) is 43.4 Å². The van der Waals surface area contributed by atoms with Gasteiger partial charge in [0.25, 0.3) is 0 Å². The number of carbonyl (C=O) groups is 5. The fourth-order valence-corrected chi connectivity index (χ4v) is 7.19. The second kappa shape index (κ2) is 23.4. The maximum absolute atomic E-state index is 13.7. The van der Waals surface area contributed by atoms with Crippen molar-refractivity contribution in [3.8, 4) is 11.1 Å². The highest BCUT2D eigenvalue weighted by molar-refractivity contribution is 5.92. The average molecular weight is 805 g/mol. The monoisotopic (exact) mass is 804 g/mol. The molecule has 13 nitrogen and oxygen atoms in total. The first-order valence-corrected chi connectivity index (χ1v) is 20.6. The number of amides is 5. The fourth-order valence-electron chi connectivity index (χ4n) is 7.19. The minimum atomic E-state index is -0.830. The standard InChI is InChI=1S/C46H56N6O7/c53-42(47-24-9-1-3-18-43(54)51-58)17-8-5-12-32-13-11-16-36(26-32)37-22-23-40-39(29-37)38(31-49-40)30-41(46(57)48-25-10-2-4-19-44(55)52-59)50-45(56)28-33-20-21-34-14-6-7-15-35(34)27-33/h6-7,11,13-16,20-23,26-27,29,31,41,49,58-59H,1-5,8-10,12,17-19,24-25,28,30H2,(H,47,53)(H,48,57)(H,50,56)(H,51,54)(H,52,55)/t41-/m0/s1. The number of aromatic amines is 1. The van der Waals surface area contributed by atoms with Crippen LogP contribution in [0.5, 0.6) is 0 Å². The summed E-state index contributed by atoms with van der Waals surface area (Å²) in [6.07, 6.45) is 9.82. The first-order valence-electron chi connectivity index (χ1n) is 20.6. The van der Waals surface area contributed by atoms with Crippen molar-refractivity contribution < 1.29 is 34.4 Å². The largest absolute Gasteiger partial charge is 0.361 e. The van der Waals surface area contributed by atoms with Crippen LogP contribution >= 0.6 is 0 Å². The van der Waals surface area contributed by atoms with Gasteiger partial charge in [-0.3, -0.25) is 34.4 Å². The molecule has 0 aliphatic carbocycles. The molecular formula is C46H56N6O7. The Morgan fingerprint density at radius 1 is 0.576 bits per heavy atom. The van der Waals surface area contributed by atoms with E-state index in [0.29, 0.717) is 45.2 Å². The zero-order chi connectivity index (χ0) is 41.8. The number of H-pyrrole nitrogens is 1. The summed E-state index contributed by atoms with van der Waals surface area (Å²) in [6, 6.07) is 27.6. The van der Waals surface area contributed by atoms with Crippen LogP contribution in [0.4, 0.5) is 0 Å². The van der Waals surface area contributed by atoms with Crippen LogP contribution in [0.3, 0.4) is 0 Å². The minimum absolute atomic E-state index is 0.0219. The molecule has 0 saturated heterocycles. The SMILES string of the molecule is O=C(CCCCCNC(=O)CCCCc1cccc(-c2ccc3[nH]cc(C[C@H](NC(=O)Cc4ccc5ccccc5c4)C(=O)NCCCCCC(=O)NO)c3c2)c1)NO. The van der Waals surface area contributed by atoms with Gasteiger partial charge in [-0.05, 0) is 95.7 Å². The summed E-state index contributed by atoms with van der Waals surface area (Å²) in [7, 11) is 0. The van der Waals surface area contributed by atoms with Gasteiger partial charge >= 0.3 is 0 Å². The third-order valence-corrected chi connectivity index (χ3v) is 10.4. The van der Waals surface area contributed by atoms with Crippen LogP contribution < -0.4 is 26.9 Å². The molecule has 13 heteroatoms. The normalized spacial score (nSPS) is 11.6. The van der Waals surface area contributed by atoms with Gasteiger partial charge in [-0.1, -0.05) is 85.6 Å². The lowest BCUT2D eigenvalue weighted by Crippen LogP contribution is -2.48. The Morgan fingerprint density at radius 2 is 1.25 bits per heavy atom. The highest BCUT2D eigenvalue weighted by Crippen LogP contribution is 2.28. The van der Waals surface area contributed by atoms with Crippen molar-refractivity contribution in [2.24, 2.45) is 0 Å². The van der Waals surface area contributed by atoms with Gasteiger partial charge < -0.3 is 20.9 Å². The molecule has 0 aliphatic rings. The Morgan fingerprint density at radius 3 is 2.00 bits per heavy atom. The Bertz CT molecular complexity index is 2180. The molecule has 1 aromatic heterocycles. The van der Waals surface area contributed by atoms with Gasteiger partial charge in [-0.15, -0.1) is 0 Å². The molecular weight excluding hydrogens is 749 g/mol. The number of rotatable bonds is 24. The van der Waals surface area contributed by atoms with Gasteiger partial charge in [0.2, 0.25) is 29.5 Å². The van der Waals surface area contributed by atoms with Crippen molar-refractivity contribution in [2.75, 3.05) is 13.1 Å². The van der Waals surface area contributed by atoms with E-state index >= 15 is 0 Å². The minimum Gasteiger partial charge on any atom is -0.361 e. The van der Waals surface area contributed by atoms with Crippen molar-refractivity contribution in [3.63, 3.8) is 0 Å². The maximum atomic E-state index is 13.7. The summed E-state index contributed by atoms with van der Waals surface area (Å²) in [5, 5.41) is 29.3. The third kappa shape index (κ3) is 14.4. The van der Waals surface area contributed by atoms with Crippen molar-refractivity contribution in [2.45, 2.75) is 95.9 Å². The van der Waals surface area contributed by atoms with E-state index in [0.717, 1.165) is 76.0 Å². The van der Waals surface area contributed by atoms with Crippen molar-refractivity contribution in [1.29, 1.82) is 0 Å². The smallest absolute Gasteiger partial charge is 0.243 e. The first-order chi connectivity index (χ1) is 28.7. The predicted molar refractivity (Wildman–Crippen MR) is 227 cm³/mol. The summed E-state index contributed by atoms with van der Waals surface area (Å²) >= 11 is 0. The second-order valence-electron chi connectivity index (χ2n) is 15.0. The highest BCUT2D eigenvalue weighted by Gasteiger charge is 2.23. The predicted octanol–water partition coefficient (Wildman–Crippen LogP) is 6.33. The van der Waals surface area contributed by atoms with Crippen LogP contribution in [0, 0.1) is 0 Å². The molecule has 1 atom stereocenters. The van der Waals surface area contributed by atoms with Gasteiger partial charge in [0.1, 0.15) is 6.04 Å². The van der Waals surface area contributed by atoms with Gasteiger partial charge in [-0.2, -0.15) is 0 Å². The number of hydroxylamine groups is 2. The van der Waals surface area contributed by atoms with E-state index in [9.17, 15) is 24.0 Å². The van der Waals surface area contributed by atoms with Gasteiger partial charge in [0.05, 0.1) is 6.42 Å². The molecule has 8 N–H and O–H groups in total. The molecule has 0 saturated carbocycles. The number of unbranched alkanes of at least 4 members (excludes halogenated alkanes) is 5. The number of fused-ring (bicyclic) bond motifs is 2. The molecule has 5 aromatic rings. The lowest BCUT2D eigenvalue weighted by atomic mass is 9.97. The van der Waals surface area contributed by atoms with Crippen LogP contribution in [0.15, 0.2) is 91.1 Å². The maximum Gasteiger partial charge on any atom is 0.243 e. The van der Waals surface area contributed by atoms with Crippen molar-refractivity contribution >= 4 is 51.2 Å². The van der Waals surface area contributed by atoms with E-state index in [4.69, 9.17) is 10.4 Å². The van der Waals surface area contributed by atoms with E-state index in [1.54, 1.807) is 11.0 Å². The lowest BCUT2D eigenvalue weighted by Gasteiger charge is -2.19. The van der Waals surface area contributed by atoms with Gasteiger partial charge in [0, 0.05) is 55.9 Å². The number of benzene rings is 4. The zero-order valence-electron chi connectivity index (χ0n) is 33.5. The topological polar surface area (TPSA) is 202 Å². The molecule has 4 aromatic carbocycles. The lowest BCUT2D eigenvalue weighted by molar-refractivity contribution is -0.130. The molecule has 0 spiro atoms. The van der Waals surface area contributed by atoms with Crippen LogP contribution in [0.25, 0.3) is 32.8 Å². The van der Waals surface area contributed by atoms with E-state index in [1.807, 2.05) is 60.8 Å². The highest BCUT2D eigenvalue weighted by atomic mass is 16.5. The van der Waals surface area contributed by atoms with Crippen LogP contribution in [0.2, 0.25) is 0 Å². The summed E-state index contributed by atoms with van der Waals surface area (Å²) < 4.78 is 0. The molecule has 0 fully saturated rings. The Labute approximate surface area is 344 Å². The van der Waals surface area contributed by atoms with Gasteiger partial charge in [-0.25, -0.2) is 11.0 Å². The summed E-state index contributed by atoms with van der Waals surface area (Å²) in [5.41, 5.74) is 9.17. The molecule has 5 amide bonds. The second-order valence-corrected chi connectivity index (χ2v) is 15.0. The Balaban J connectivity index is 1.19. The Kier molecular flexibility index (Phi) is 17.5. The molecule has 0 radical (unpaired) electrons. The first kappa shape index (κ1) is 44.1. The quantitative estimate of drug-likeness (QED) is 0.0202. The Hall–Kier alpha value is -6.05. The number of nitrogens with one attached hydrogen (secondary N) is 6. The van der Waals surface area contributed by atoms with Crippen LogP contribution in [-0.2, 0) is 43.2 Å². The molecule has 5 rings (SSSR count).